The summed E-state index contributed by atoms with van der Waals surface area (Å²) < 4.78 is 14.3. The first-order chi connectivity index (χ1) is 11.0. The Hall–Kier alpha value is -1.82. The number of nitrogens with one attached hydrogen (secondary N) is 1. The van der Waals surface area contributed by atoms with E-state index in [1.165, 1.54) is 25.2 Å². The third-order valence-electron chi connectivity index (χ3n) is 4.43. The molecule has 1 aliphatic rings. The summed E-state index contributed by atoms with van der Waals surface area (Å²) in [5.74, 6) is 0.808. The van der Waals surface area contributed by atoms with E-state index < -0.39 is 0 Å². The van der Waals surface area contributed by atoms with E-state index in [-0.39, 0.29) is 5.82 Å². The van der Waals surface area contributed by atoms with Crippen molar-refractivity contribution in [1.82, 2.24) is 4.98 Å². The molecule has 0 bridgehead atoms. The molecule has 0 saturated heterocycles. The Kier molecular flexibility index (Phi) is 4.43. The lowest BCUT2D eigenvalue weighted by molar-refractivity contribution is 0.362. The molecular weight excluding hydrogens is 311 g/mol. The zero-order valence-electron chi connectivity index (χ0n) is 13.6. The van der Waals surface area contributed by atoms with Gasteiger partial charge >= 0.3 is 0 Å². The summed E-state index contributed by atoms with van der Waals surface area (Å²) in [6.07, 6.45) is 3.89. The predicted octanol–water partition coefficient (Wildman–Crippen LogP) is 3.87. The Bertz CT molecular complexity index is 793. The van der Waals surface area contributed by atoms with Crippen molar-refractivity contribution in [2.75, 3.05) is 7.05 Å². The number of aromatic amines is 1. The van der Waals surface area contributed by atoms with E-state index in [0.717, 1.165) is 21.5 Å². The molecule has 3 rings (SSSR count). The van der Waals surface area contributed by atoms with Crippen LogP contribution in [-0.2, 0) is 0 Å². The minimum Gasteiger partial charge on any atom is -0.383 e. The molecule has 0 aliphatic heterocycles. The molecule has 0 spiro atoms. The first-order valence-corrected chi connectivity index (χ1v) is 8.62. The van der Waals surface area contributed by atoms with Crippen molar-refractivity contribution in [2.45, 2.75) is 37.0 Å². The maximum Gasteiger partial charge on any atom is 0.147 e. The Balaban J connectivity index is 2.07. The van der Waals surface area contributed by atoms with E-state index in [9.17, 15) is 4.39 Å². The van der Waals surface area contributed by atoms with Crippen molar-refractivity contribution in [3.63, 3.8) is 0 Å². The number of benzene rings is 1. The van der Waals surface area contributed by atoms with Crippen LogP contribution >= 0.6 is 11.8 Å². The van der Waals surface area contributed by atoms with Crippen LogP contribution in [0.3, 0.4) is 0 Å². The Morgan fingerprint density at radius 1 is 1.43 bits per heavy atom. The zero-order valence-corrected chi connectivity index (χ0v) is 14.4. The van der Waals surface area contributed by atoms with Gasteiger partial charge in [-0.2, -0.15) is 0 Å². The van der Waals surface area contributed by atoms with Crippen LogP contribution in [0.5, 0.6) is 0 Å². The molecule has 0 unspecified atom stereocenters. The number of aryl methyl sites for hydroxylation is 1. The second-order valence-corrected chi connectivity index (χ2v) is 7.35. The van der Waals surface area contributed by atoms with Crippen LogP contribution in [0.25, 0.3) is 10.9 Å². The van der Waals surface area contributed by atoms with Gasteiger partial charge in [-0.1, -0.05) is 6.92 Å². The number of H-pyrrole nitrogens is 1. The molecular formula is C17H21FN4S. The summed E-state index contributed by atoms with van der Waals surface area (Å²) in [4.78, 5) is 11.2. The molecule has 1 aliphatic carbocycles. The molecule has 3 N–H and O–H groups in total. The van der Waals surface area contributed by atoms with E-state index in [2.05, 4.69) is 21.9 Å². The summed E-state index contributed by atoms with van der Waals surface area (Å²) in [7, 11) is 1.63. The molecule has 0 amide bonds. The highest BCUT2D eigenvalue weighted by Gasteiger charge is 2.28. The number of amidine groups is 1. The number of thioether (sulfide) groups is 1. The smallest absolute Gasteiger partial charge is 0.147 e. The van der Waals surface area contributed by atoms with Crippen molar-refractivity contribution in [2.24, 2.45) is 21.6 Å². The number of aliphatic imine (C=N–C) groups is 2. The second-order valence-electron chi connectivity index (χ2n) is 6.07. The SMILES string of the molecule is CN=CN=C(N)c1c(C)cc(F)c2[nH]c(S[C@H]3CC[C@H]3C)cc12. The Morgan fingerprint density at radius 3 is 2.83 bits per heavy atom. The lowest BCUT2D eigenvalue weighted by Crippen LogP contribution is -2.25. The molecule has 1 fully saturated rings. The number of hydrogen-bond acceptors (Lipinski definition) is 2. The van der Waals surface area contributed by atoms with E-state index >= 15 is 0 Å². The standard InChI is InChI=1S/C17H21FN4S/c1-9-4-5-13(9)23-14-7-11-15(17(19)21-8-20-3)10(2)6-12(18)16(11)22-14/h6-9,13,22H,4-5H2,1-3H3,(H2,19,20,21)/t9-,13+/m1/s1. The highest BCUT2D eigenvalue weighted by Crippen LogP contribution is 2.41. The number of fused-ring (bicyclic) bond motifs is 1. The van der Waals surface area contributed by atoms with Crippen LogP contribution in [-0.4, -0.2) is 29.5 Å². The average Bonchev–Trinajstić information content (AvgIpc) is 2.93. The predicted molar refractivity (Wildman–Crippen MR) is 96.2 cm³/mol. The topological polar surface area (TPSA) is 66.5 Å². The molecule has 1 aromatic heterocycles. The summed E-state index contributed by atoms with van der Waals surface area (Å²) in [5.41, 5.74) is 8.12. The molecule has 2 aromatic rings. The second kappa shape index (κ2) is 6.35. The van der Waals surface area contributed by atoms with Crippen LogP contribution in [0, 0.1) is 18.7 Å². The van der Waals surface area contributed by atoms with Gasteiger partial charge in [-0.15, -0.1) is 11.8 Å². The van der Waals surface area contributed by atoms with Crippen LogP contribution in [0.4, 0.5) is 4.39 Å². The molecule has 1 saturated carbocycles. The normalized spacial score (nSPS) is 22.0. The summed E-state index contributed by atoms with van der Waals surface area (Å²) >= 11 is 1.79. The van der Waals surface area contributed by atoms with E-state index in [1.807, 2.05) is 13.0 Å². The Morgan fingerprint density at radius 2 is 2.22 bits per heavy atom. The van der Waals surface area contributed by atoms with E-state index in [0.29, 0.717) is 22.5 Å². The van der Waals surface area contributed by atoms with Crippen LogP contribution < -0.4 is 5.73 Å². The monoisotopic (exact) mass is 332 g/mol. The van der Waals surface area contributed by atoms with Gasteiger partial charge in [-0.25, -0.2) is 9.38 Å². The molecule has 1 aromatic carbocycles. The number of nitrogens with two attached hydrogens (primary N) is 1. The van der Waals surface area contributed by atoms with Gasteiger partial charge in [-0.3, -0.25) is 4.99 Å². The minimum absolute atomic E-state index is 0.258. The van der Waals surface area contributed by atoms with Gasteiger partial charge in [0.1, 0.15) is 18.0 Å². The van der Waals surface area contributed by atoms with Gasteiger partial charge in [0.25, 0.3) is 0 Å². The molecule has 122 valence electrons. The molecule has 0 radical (unpaired) electrons. The van der Waals surface area contributed by atoms with Crippen molar-refractivity contribution in [1.29, 1.82) is 0 Å². The van der Waals surface area contributed by atoms with E-state index in [4.69, 9.17) is 5.73 Å². The molecule has 4 nitrogen and oxygen atoms in total. The zero-order chi connectivity index (χ0) is 16.6. The summed E-state index contributed by atoms with van der Waals surface area (Å²) in [6, 6.07) is 3.49. The third kappa shape index (κ3) is 3.00. The van der Waals surface area contributed by atoms with Crippen molar-refractivity contribution >= 4 is 34.8 Å². The maximum absolute atomic E-state index is 14.3. The minimum atomic E-state index is -0.258. The fourth-order valence-electron chi connectivity index (χ4n) is 2.92. The van der Waals surface area contributed by atoms with Crippen molar-refractivity contribution in [3.05, 3.63) is 29.1 Å². The lowest BCUT2D eigenvalue weighted by atomic mass is 9.87. The molecule has 2 atom stereocenters. The van der Waals surface area contributed by atoms with Gasteiger partial charge in [0, 0.05) is 23.2 Å². The number of aromatic nitrogens is 1. The van der Waals surface area contributed by atoms with Crippen LogP contribution in [0.2, 0.25) is 0 Å². The van der Waals surface area contributed by atoms with Gasteiger partial charge in [0.2, 0.25) is 0 Å². The largest absolute Gasteiger partial charge is 0.383 e. The van der Waals surface area contributed by atoms with E-state index in [1.54, 1.807) is 18.8 Å². The third-order valence-corrected chi connectivity index (χ3v) is 5.90. The van der Waals surface area contributed by atoms with Crippen LogP contribution in [0.1, 0.15) is 30.9 Å². The van der Waals surface area contributed by atoms with Crippen molar-refractivity contribution in [3.8, 4) is 0 Å². The number of halogens is 1. The van der Waals surface area contributed by atoms with Gasteiger partial charge in [0.15, 0.2) is 0 Å². The van der Waals surface area contributed by atoms with Crippen LogP contribution in [0.15, 0.2) is 27.1 Å². The van der Waals surface area contributed by atoms with Crippen molar-refractivity contribution < 1.29 is 4.39 Å². The summed E-state index contributed by atoms with van der Waals surface area (Å²) in [6.45, 7) is 4.10. The average molecular weight is 332 g/mol. The van der Waals surface area contributed by atoms with Gasteiger partial charge in [0.05, 0.1) is 10.5 Å². The number of hydrogen-bond donors (Lipinski definition) is 2. The lowest BCUT2D eigenvalue weighted by Gasteiger charge is -2.32. The first kappa shape index (κ1) is 16.1. The maximum atomic E-state index is 14.3. The fraction of sp³-hybridized carbons (Fsp3) is 0.412. The summed E-state index contributed by atoms with van der Waals surface area (Å²) in [5, 5.41) is 2.37. The number of nitrogens with zero attached hydrogens (tertiary/aromatic N) is 2. The Labute approximate surface area is 139 Å². The highest BCUT2D eigenvalue weighted by molar-refractivity contribution is 7.99. The van der Waals surface area contributed by atoms with Gasteiger partial charge < -0.3 is 10.7 Å². The highest BCUT2D eigenvalue weighted by atomic mass is 32.2. The fourth-order valence-corrected chi connectivity index (χ4v) is 4.22. The van der Waals surface area contributed by atoms with Gasteiger partial charge in [-0.05, 0) is 43.4 Å². The molecule has 23 heavy (non-hydrogen) atoms. The molecule has 1 heterocycles. The number of rotatable bonds is 4. The molecule has 6 heteroatoms. The first-order valence-electron chi connectivity index (χ1n) is 7.74. The quantitative estimate of drug-likeness (QED) is 0.659.